The van der Waals surface area contributed by atoms with Gasteiger partial charge >= 0.3 is 0 Å². The lowest BCUT2D eigenvalue weighted by molar-refractivity contribution is -0.132. The third-order valence-electron chi connectivity index (χ3n) is 4.48. The summed E-state index contributed by atoms with van der Waals surface area (Å²) in [5, 5.41) is 12.7. The Balaban J connectivity index is 1.67. The van der Waals surface area contributed by atoms with Gasteiger partial charge in [0.25, 0.3) is 0 Å². The van der Waals surface area contributed by atoms with Crippen LogP contribution in [0.25, 0.3) is 10.8 Å². The lowest BCUT2D eigenvalue weighted by Gasteiger charge is -2.39. The van der Waals surface area contributed by atoms with Crippen LogP contribution in [0, 0.1) is 5.41 Å². The van der Waals surface area contributed by atoms with Crippen molar-refractivity contribution in [2.75, 3.05) is 25.4 Å². The molecule has 1 aromatic heterocycles. The van der Waals surface area contributed by atoms with E-state index >= 15 is 0 Å². The molecule has 0 radical (unpaired) electrons. The Morgan fingerprint density at radius 3 is 3.04 bits per heavy atom. The summed E-state index contributed by atoms with van der Waals surface area (Å²) in [6.07, 6.45) is 3.73. The predicted molar refractivity (Wildman–Crippen MR) is 93.5 cm³/mol. The number of hydrogen-bond donors (Lipinski definition) is 1. The standard InChI is InChI=1S/C18H22N2O2S/c1-18(13-21)8-4-10-20(12-18)16(22)11-23-17-15-6-3-2-5-14(15)7-9-19-17/h2-3,5-7,9,21H,4,8,10-13H2,1H3. The Morgan fingerprint density at radius 1 is 1.39 bits per heavy atom. The average molecular weight is 330 g/mol. The van der Waals surface area contributed by atoms with Crippen molar-refractivity contribution in [1.82, 2.24) is 9.88 Å². The summed E-state index contributed by atoms with van der Waals surface area (Å²) < 4.78 is 0. The smallest absolute Gasteiger partial charge is 0.233 e. The van der Waals surface area contributed by atoms with Gasteiger partial charge in [0.2, 0.25) is 5.91 Å². The van der Waals surface area contributed by atoms with Crippen LogP contribution in [0.15, 0.2) is 41.6 Å². The first-order valence-corrected chi connectivity index (χ1v) is 8.95. The van der Waals surface area contributed by atoms with E-state index in [0.29, 0.717) is 12.3 Å². The molecule has 1 saturated heterocycles. The zero-order valence-corrected chi connectivity index (χ0v) is 14.2. The Bertz CT molecular complexity index is 701. The van der Waals surface area contributed by atoms with E-state index in [-0.39, 0.29) is 17.9 Å². The van der Waals surface area contributed by atoms with Gasteiger partial charge in [0.05, 0.1) is 12.4 Å². The van der Waals surface area contributed by atoms with E-state index in [1.807, 2.05) is 36.1 Å². The number of piperidine rings is 1. The second-order valence-electron chi connectivity index (χ2n) is 6.51. The summed E-state index contributed by atoms with van der Waals surface area (Å²) in [4.78, 5) is 18.8. The highest BCUT2D eigenvalue weighted by Crippen LogP contribution is 2.30. The molecule has 1 unspecified atom stereocenters. The fourth-order valence-corrected chi connectivity index (χ4v) is 4.01. The maximum absolute atomic E-state index is 12.5. The number of thioether (sulfide) groups is 1. The van der Waals surface area contributed by atoms with Crippen LogP contribution < -0.4 is 0 Å². The second kappa shape index (κ2) is 6.89. The SMILES string of the molecule is CC1(CO)CCCN(C(=O)CSc2nccc3ccccc23)C1. The number of pyridine rings is 1. The monoisotopic (exact) mass is 330 g/mol. The fourth-order valence-electron chi connectivity index (χ4n) is 3.09. The number of carbonyl (C=O) groups is 1. The van der Waals surface area contributed by atoms with E-state index in [0.717, 1.165) is 35.2 Å². The molecular weight excluding hydrogens is 308 g/mol. The quantitative estimate of drug-likeness (QED) is 0.876. The summed E-state index contributed by atoms with van der Waals surface area (Å²) in [5.41, 5.74) is -0.156. The first-order chi connectivity index (χ1) is 11.1. The summed E-state index contributed by atoms with van der Waals surface area (Å²) >= 11 is 1.49. The molecule has 1 N–H and O–H groups in total. The van der Waals surface area contributed by atoms with Crippen molar-refractivity contribution in [3.8, 4) is 0 Å². The van der Waals surface area contributed by atoms with Crippen molar-refractivity contribution in [2.45, 2.75) is 24.8 Å². The van der Waals surface area contributed by atoms with Gasteiger partial charge in [-0.05, 0) is 24.3 Å². The Kier molecular flexibility index (Phi) is 4.87. The molecule has 4 nitrogen and oxygen atoms in total. The molecule has 1 aromatic carbocycles. The molecule has 5 heteroatoms. The van der Waals surface area contributed by atoms with Crippen molar-refractivity contribution in [3.63, 3.8) is 0 Å². The van der Waals surface area contributed by atoms with E-state index < -0.39 is 0 Å². The molecular formula is C18H22N2O2S. The fraction of sp³-hybridized carbons (Fsp3) is 0.444. The van der Waals surface area contributed by atoms with Crippen molar-refractivity contribution in [1.29, 1.82) is 0 Å². The Labute approximate surface area is 140 Å². The minimum Gasteiger partial charge on any atom is -0.396 e. The number of aliphatic hydroxyl groups is 1. The summed E-state index contributed by atoms with van der Waals surface area (Å²) in [6.45, 7) is 3.62. The van der Waals surface area contributed by atoms with E-state index in [1.165, 1.54) is 11.8 Å². The van der Waals surface area contributed by atoms with Crippen LogP contribution in [0.1, 0.15) is 19.8 Å². The van der Waals surface area contributed by atoms with Gasteiger partial charge in [0.1, 0.15) is 5.03 Å². The van der Waals surface area contributed by atoms with E-state index in [1.54, 1.807) is 6.20 Å². The van der Waals surface area contributed by atoms with Gasteiger partial charge in [-0.15, -0.1) is 0 Å². The third kappa shape index (κ3) is 3.67. The number of rotatable bonds is 4. The predicted octanol–water partition coefficient (Wildman–Crippen LogP) is 2.95. The second-order valence-corrected chi connectivity index (χ2v) is 7.48. The average Bonchev–Trinajstić information content (AvgIpc) is 2.59. The van der Waals surface area contributed by atoms with E-state index in [4.69, 9.17) is 0 Å². The molecule has 1 aliphatic heterocycles. The molecule has 2 aromatic rings. The molecule has 23 heavy (non-hydrogen) atoms. The number of nitrogens with zero attached hydrogens (tertiary/aromatic N) is 2. The van der Waals surface area contributed by atoms with Gasteiger partial charge in [-0.1, -0.05) is 43.0 Å². The highest BCUT2D eigenvalue weighted by molar-refractivity contribution is 8.00. The minimum absolute atomic E-state index is 0.129. The summed E-state index contributed by atoms with van der Waals surface area (Å²) in [5.74, 6) is 0.520. The molecule has 122 valence electrons. The molecule has 0 bridgehead atoms. The number of likely N-dealkylation sites (tertiary alicyclic amines) is 1. The first-order valence-electron chi connectivity index (χ1n) is 7.96. The normalized spacial score (nSPS) is 21.6. The van der Waals surface area contributed by atoms with Gasteiger partial charge in [0.15, 0.2) is 0 Å². The van der Waals surface area contributed by atoms with Gasteiger partial charge in [-0.3, -0.25) is 4.79 Å². The summed E-state index contributed by atoms with van der Waals surface area (Å²) in [6, 6.07) is 10.1. The molecule has 0 aliphatic carbocycles. The lowest BCUT2D eigenvalue weighted by Crippen LogP contribution is -2.47. The molecule has 0 saturated carbocycles. The molecule has 1 amide bonds. The first kappa shape index (κ1) is 16.3. The van der Waals surface area contributed by atoms with Crippen molar-refractivity contribution >= 4 is 28.4 Å². The highest BCUT2D eigenvalue weighted by Gasteiger charge is 2.32. The molecule has 3 rings (SSSR count). The summed E-state index contributed by atoms with van der Waals surface area (Å²) in [7, 11) is 0. The molecule has 1 fully saturated rings. The maximum atomic E-state index is 12.5. The van der Waals surface area contributed by atoms with Gasteiger partial charge in [0, 0.05) is 30.1 Å². The number of aromatic nitrogens is 1. The number of hydrogen-bond acceptors (Lipinski definition) is 4. The number of aliphatic hydroxyl groups excluding tert-OH is 1. The largest absolute Gasteiger partial charge is 0.396 e. The number of carbonyl (C=O) groups excluding carboxylic acids is 1. The van der Waals surface area contributed by atoms with Crippen LogP contribution in [0.5, 0.6) is 0 Å². The molecule has 1 atom stereocenters. The van der Waals surface area contributed by atoms with Crippen LogP contribution in [0.4, 0.5) is 0 Å². The zero-order valence-electron chi connectivity index (χ0n) is 13.4. The topological polar surface area (TPSA) is 53.4 Å². The molecule has 0 spiro atoms. The number of amides is 1. The molecule has 1 aliphatic rings. The Hall–Kier alpha value is -1.59. The van der Waals surface area contributed by atoms with Gasteiger partial charge < -0.3 is 10.0 Å². The molecule has 2 heterocycles. The van der Waals surface area contributed by atoms with Gasteiger partial charge in [-0.25, -0.2) is 4.98 Å². The van der Waals surface area contributed by atoms with E-state index in [2.05, 4.69) is 11.1 Å². The van der Waals surface area contributed by atoms with Crippen molar-refractivity contribution < 1.29 is 9.90 Å². The van der Waals surface area contributed by atoms with Crippen molar-refractivity contribution in [2.24, 2.45) is 5.41 Å². The lowest BCUT2D eigenvalue weighted by atomic mass is 9.83. The zero-order chi connectivity index (χ0) is 16.3. The Morgan fingerprint density at radius 2 is 2.22 bits per heavy atom. The van der Waals surface area contributed by atoms with Crippen LogP contribution in [0.3, 0.4) is 0 Å². The van der Waals surface area contributed by atoms with Crippen LogP contribution >= 0.6 is 11.8 Å². The van der Waals surface area contributed by atoms with Crippen LogP contribution in [0.2, 0.25) is 0 Å². The van der Waals surface area contributed by atoms with E-state index in [9.17, 15) is 9.90 Å². The van der Waals surface area contributed by atoms with Crippen LogP contribution in [-0.4, -0.2) is 46.3 Å². The highest BCUT2D eigenvalue weighted by atomic mass is 32.2. The van der Waals surface area contributed by atoms with Gasteiger partial charge in [-0.2, -0.15) is 0 Å². The number of fused-ring (bicyclic) bond motifs is 1. The van der Waals surface area contributed by atoms with Crippen molar-refractivity contribution in [3.05, 3.63) is 36.5 Å². The third-order valence-corrected chi connectivity index (χ3v) is 5.47. The number of benzene rings is 1. The minimum atomic E-state index is -0.156. The maximum Gasteiger partial charge on any atom is 0.233 e. The van der Waals surface area contributed by atoms with Crippen LogP contribution in [-0.2, 0) is 4.79 Å².